The number of halogens is 4. The molecule has 1 aromatic heterocycles. The van der Waals surface area contributed by atoms with Crippen molar-refractivity contribution in [3.8, 4) is 11.8 Å². The molecule has 5 rings (SSSR count). The zero-order valence-electron chi connectivity index (χ0n) is 25.5. The van der Waals surface area contributed by atoms with E-state index in [2.05, 4.69) is 5.32 Å². The van der Waals surface area contributed by atoms with E-state index in [1.54, 1.807) is 57.2 Å². The zero-order valence-corrected chi connectivity index (χ0v) is 25.5. The van der Waals surface area contributed by atoms with Crippen molar-refractivity contribution >= 4 is 5.78 Å². The summed E-state index contributed by atoms with van der Waals surface area (Å²) >= 11 is 0. The molecule has 0 bridgehead atoms. The van der Waals surface area contributed by atoms with Crippen LogP contribution in [0.1, 0.15) is 84.0 Å². The summed E-state index contributed by atoms with van der Waals surface area (Å²) in [5.74, 6) is -2.41. The number of alkyl halides is 3. The van der Waals surface area contributed by atoms with E-state index in [0.717, 1.165) is 31.0 Å². The van der Waals surface area contributed by atoms with Crippen LogP contribution in [0.5, 0.6) is 0 Å². The first kappa shape index (κ1) is 32.4. The maximum atomic E-state index is 15.5. The number of benzene rings is 2. The van der Waals surface area contributed by atoms with Crippen LogP contribution in [-0.2, 0) is 12.6 Å². The summed E-state index contributed by atoms with van der Waals surface area (Å²) in [5, 5.41) is 23.7. The van der Waals surface area contributed by atoms with E-state index in [1.165, 1.54) is 22.8 Å². The second-order valence-corrected chi connectivity index (χ2v) is 12.1. The van der Waals surface area contributed by atoms with Crippen LogP contribution in [0.2, 0.25) is 0 Å². The summed E-state index contributed by atoms with van der Waals surface area (Å²) in [6.07, 6.45) is 4.11. The molecule has 2 aromatic carbocycles. The monoisotopic (exact) mass is 619 g/mol. The molecular formula is C36H37F4N3O2. The third-order valence-corrected chi connectivity index (χ3v) is 9.12. The predicted octanol–water partition coefficient (Wildman–Crippen LogP) is 7.84. The number of aliphatic hydroxyl groups is 1. The van der Waals surface area contributed by atoms with Crippen molar-refractivity contribution in [3.63, 3.8) is 0 Å². The van der Waals surface area contributed by atoms with Crippen LogP contribution in [0.25, 0.3) is 5.69 Å². The summed E-state index contributed by atoms with van der Waals surface area (Å²) in [6.45, 7) is 5.64. The first-order valence-corrected chi connectivity index (χ1v) is 15.4. The van der Waals surface area contributed by atoms with Crippen molar-refractivity contribution in [1.82, 2.24) is 9.88 Å². The molecule has 0 aliphatic heterocycles. The molecule has 1 saturated carbocycles. The Hall–Kier alpha value is -4.00. The summed E-state index contributed by atoms with van der Waals surface area (Å²) in [6, 6.07) is 13.4. The number of nitrogens with one attached hydrogen (secondary N) is 1. The quantitative estimate of drug-likeness (QED) is 0.169. The van der Waals surface area contributed by atoms with Gasteiger partial charge in [-0.3, -0.25) is 4.79 Å². The molecule has 3 aromatic rings. The maximum absolute atomic E-state index is 15.5. The molecule has 5 atom stereocenters. The van der Waals surface area contributed by atoms with Crippen LogP contribution in [0.3, 0.4) is 0 Å². The third kappa shape index (κ3) is 6.82. The molecule has 2 aliphatic carbocycles. The van der Waals surface area contributed by atoms with Gasteiger partial charge < -0.3 is 15.0 Å². The number of nitrogens with zero attached hydrogens (tertiary/aromatic N) is 2. The summed E-state index contributed by atoms with van der Waals surface area (Å²) < 4.78 is 59.3. The van der Waals surface area contributed by atoms with E-state index >= 15 is 4.39 Å². The second-order valence-electron chi connectivity index (χ2n) is 12.1. The fourth-order valence-corrected chi connectivity index (χ4v) is 6.18. The van der Waals surface area contributed by atoms with Gasteiger partial charge in [-0.2, -0.15) is 18.4 Å². The summed E-state index contributed by atoms with van der Waals surface area (Å²) in [7, 11) is 0. The number of aliphatic hydroxyl groups excluding tert-OH is 1. The normalized spacial score (nSPS) is 20.1. The van der Waals surface area contributed by atoms with E-state index < -0.39 is 41.3 Å². The van der Waals surface area contributed by atoms with Gasteiger partial charge in [0.25, 0.3) is 0 Å². The molecule has 0 saturated heterocycles. The molecule has 1 fully saturated rings. The Balaban J connectivity index is 1.52. The number of carbonyl (C=O) groups excluding carboxylic acids is 1. The summed E-state index contributed by atoms with van der Waals surface area (Å²) in [5.41, 5.74) is 0.369. The molecule has 45 heavy (non-hydrogen) atoms. The molecule has 236 valence electrons. The Bertz CT molecular complexity index is 1660. The molecular weight excluding hydrogens is 582 g/mol. The van der Waals surface area contributed by atoms with E-state index in [9.17, 15) is 28.3 Å². The Morgan fingerprint density at radius 2 is 1.84 bits per heavy atom. The van der Waals surface area contributed by atoms with Crippen LogP contribution in [0.4, 0.5) is 17.6 Å². The van der Waals surface area contributed by atoms with E-state index in [4.69, 9.17) is 0 Å². The smallest absolute Gasteiger partial charge is 0.388 e. The van der Waals surface area contributed by atoms with Gasteiger partial charge in [0.05, 0.1) is 29.0 Å². The Labute approximate surface area is 260 Å². The van der Waals surface area contributed by atoms with Crippen LogP contribution in [-0.4, -0.2) is 28.1 Å². The van der Waals surface area contributed by atoms with Crippen molar-refractivity contribution in [2.24, 2.45) is 17.8 Å². The van der Waals surface area contributed by atoms with Gasteiger partial charge in [-0.1, -0.05) is 63.3 Å². The lowest BCUT2D eigenvalue weighted by molar-refractivity contribution is -0.138. The van der Waals surface area contributed by atoms with Gasteiger partial charge in [-0.25, -0.2) is 4.39 Å². The number of aromatic nitrogens is 1. The lowest BCUT2D eigenvalue weighted by Gasteiger charge is -2.31. The SMILES string of the molecule is CCc1c(C(F)(F)F)cc(C(=O)C(C)C(C)c2cc(C(NCC3CC3)C3C=CC=CC3O)ccc2F)n1-c1cccc(C#N)c1. The highest BCUT2D eigenvalue weighted by molar-refractivity contribution is 5.98. The number of hydrogen-bond donors (Lipinski definition) is 2. The van der Waals surface area contributed by atoms with Gasteiger partial charge in [0.2, 0.25) is 0 Å². The highest BCUT2D eigenvalue weighted by Crippen LogP contribution is 2.39. The first-order valence-electron chi connectivity index (χ1n) is 15.4. The predicted molar refractivity (Wildman–Crippen MR) is 164 cm³/mol. The van der Waals surface area contributed by atoms with Crippen molar-refractivity contribution < 1.29 is 27.5 Å². The topological polar surface area (TPSA) is 78.0 Å². The molecule has 2 N–H and O–H groups in total. The number of carbonyl (C=O) groups is 1. The molecule has 0 amide bonds. The van der Waals surface area contributed by atoms with Gasteiger partial charge in [-0.15, -0.1) is 0 Å². The number of allylic oxidation sites excluding steroid dienone is 2. The molecule has 1 heterocycles. The average molecular weight is 620 g/mol. The molecule has 5 nitrogen and oxygen atoms in total. The highest BCUT2D eigenvalue weighted by Gasteiger charge is 2.39. The third-order valence-electron chi connectivity index (χ3n) is 9.12. The molecule has 5 unspecified atom stereocenters. The van der Waals surface area contributed by atoms with E-state index in [1.807, 2.05) is 18.2 Å². The van der Waals surface area contributed by atoms with Gasteiger partial charge in [-0.05, 0) is 79.1 Å². The minimum Gasteiger partial charge on any atom is -0.388 e. The van der Waals surface area contributed by atoms with Crippen LogP contribution in [0.15, 0.2) is 72.8 Å². The Morgan fingerprint density at radius 1 is 1.11 bits per heavy atom. The minimum atomic E-state index is -4.70. The first-order chi connectivity index (χ1) is 21.4. The molecule has 0 spiro atoms. The largest absolute Gasteiger partial charge is 0.418 e. The number of hydrogen-bond acceptors (Lipinski definition) is 4. The van der Waals surface area contributed by atoms with Gasteiger partial charge in [0.1, 0.15) is 5.82 Å². The van der Waals surface area contributed by atoms with Crippen molar-refractivity contribution in [2.75, 3.05) is 6.54 Å². The average Bonchev–Trinajstić information content (AvgIpc) is 3.77. The number of rotatable bonds is 11. The second kappa shape index (κ2) is 13.2. The lowest BCUT2D eigenvalue weighted by Crippen LogP contribution is -2.35. The van der Waals surface area contributed by atoms with Crippen molar-refractivity contribution in [2.45, 2.75) is 64.3 Å². The maximum Gasteiger partial charge on any atom is 0.418 e. The van der Waals surface area contributed by atoms with Gasteiger partial charge >= 0.3 is 6.18 Å². The van der Waals surface area contributed by atoms with E-state index in [-0.39, 0.29) is 46.6 Å². The Morgan fingerprint density at radius 3 is 2.49 bits per heavy atom. The molecule has 2 aliphatic rings. The fraction of sp³-hybridized carbons (Fsp3) is 0.389. The van der Waals surface area contributed by atoms with Crippen LogP contribution < -0.4 is 5.32 Å². The van der Waals surface area contributed by atoms with Crippen LogP contribution >= 0.6 is 0 Å². The summed E-state index contributed by atoms with van der Waals surface area (Å²) in [4.78, 5) is 14.1. The van der Waals surface area contributed by atoms with Crippen molar-refractivity contribution in [3.05, 3.63) is 112 Å². The number of nitriles is 1. The Kier molecular flexibility index (Phi) is 9.47. The molecule has 0 radical (unpaired) electrons. The lowest BCUT2D eigenvalue weighted by atomic mass is 9.81. The van der Waals surface area contributed by atoms with Crippen molar-refractivity contribution in [1.29, 1.82) is 5.26 Å². The van der Waals surface area contributed by atoms with Gasteiger partial charge in [0, 0.05) is 29.3 Å². The minimum absolute atomic E-state index is 0.00852. The molecule has 9 heteroatoms. The number of ketones is 1. The number of Topliss-reactive ketones (excluding diaryl/α,β-unsaturated/α-hetero) is 1. The van der Waals surface area contributed by atoms with E-state index in [0.29, 0.717) is 5.92 Å². The standard InChI is InChI=1S/C36H37F4N3O2/c1-4-31-29(36(38,39)40)18-32(43(31)26-9-7-8-24(16-26)19-41)35(45)22(3)21(2)28-17-25(14-15-30(28)37)34(42-20-23-12-13-23)27-10-5-6-11-33(27)44/h5-11,14-18,21-23,27,33-34,42,44H,4,12-13,20H2,1-3H3. The fourth-order valence-electron chi connectivity index (χ4n) is 6.18. The van der Waals surface area contributed by atoms with Crippen LogP contribution in [0, 0.1) is 34.9 Å². The van der Waals surface area contributed by atoms with Gasteiger partial charge in [0.15, 0.2) is 5.78 Å². The zero-order chi connectivity index (χ0) is 32.5. The highest BCUT2D eigenvalue weighted by atomic mass is 19.4.